The van der Waals surface area contributed by atoms with Gasteiger partial charge in [-0.3, -0.25) is 4.79 Å². The van der Waals surface area contributed by atoms with E-state index >= 15 is 0 Å². The number of methoxy groups -OCH3 is 1. The summed E-state index contributed by atoms with van der Waals surface area (Å²) >= 11 is 0. The molecule has 2 rings (SSSR count). The van der Waals surface area contributed by atoms with Gasteiger partial charge in [-0.2, -0.15) is 0 Å². The summed E-state index contributed by atoms with van der Waals surface area (Å²) in [5.74, 6) is 0.412. The number of likely N-dealkylation sites (tertiary alicyclic amines) is 1. The van der Waals surface area contributed by atoms with E-state index in [-0.39, 0.29) is 24.1 Å². The zero-order valence-corrected chi connectivity index (χ0v) is 13.7. The summed E-state index contributed by atoms with van der Waals surface area (Å²) in [6, 6.07) is 6.64. The Morgan fingerprint density at radius 1 is 1.41 bits per heavy atom. The first kappa shape index (κ1) is 18.9. The Morgan fingerprint density at radius 3 is 2.82 bits per heavy atom. The van der Waals surface area contributed by atoms with Crippen LogP contribution in [0.1, 0.15) is 12.0 Å². The van der Waals surface area contributed by atoms with E-state index in [2.05, 4.69) is 5.32 Å². The van der Waals surface area contributed by atoms with Crippen molar-refractivity contribution in [2.24, 2.45) is 5.92 Å². The molecule has 1 aromatic rings. The van der Waals surface area contributed by atoms with Gasteiger partial charge in [-0.1, -0.05) is 12.1 Å². The minimum absolute atomic E-state index is 0. The predicted molar refractivity (Wildman–Crippen MR) is 86.8 cm³/mol. The van der Waals surface area contributed by atoms with Gasteiger partial charge in [-0.05, 0) is 36.5 Å². The van der Waals surface area contributed by atoms with E-state index in [1.165, 1.54) is 12.1 Å². The molecule has 0 aliphatic carbocycles. The summed E-state index contributed by atoms with van der Waals surface area (Å²) < 4.78 is 17.8. The van der Waals surface area contributed by atoms with E-state index in [9.17, 15) is 9.18 Å². The molecule has 0 spiro atoms. The van der Waals surface area contributed by atoms with Gasteiger partial charge in [0.05, 0.1) is 13.2 Å². The van der Waals surface area contributed by atoms with Crippen LogP contribution < -0.4 is 5.32 Å². The van der Waals surface area contributed by atoms with Crippen LogP contribution in [0.5, 0.6) is 0 Å². The average Bonchev–Trinajstić information content (AvgIpc) is 2.94. The SMILES string of the molecule is COCCNCC(=O)N1CCC(Cc2ccc(F)cc2)C1.Cl. The Kier molecular flexibility index (Phi) is 8.38. The minimum atomic E-state index is -0.205. The Hall–Kier alpha value is -1.17. The normalized spacial score (nSPS) is 17.4. The van der Waals surface area contributed by atoms with Crippen LogP contribution in [0.3, 0.4) is 0 Å². The van der Waals surface area contributed by atoms with Gasteiger partial charge in [-0.15, -0.1) is 12.4 Å². The van der Waals surface area contributed by atoms with E-state index in [1.807, 2.05) is 17.0 Å². The number of hydrogen-bond donors (Lipinski definition) is 1. The van der Waals surface area contributed by atoms with Crippen molar-refractivity contribution < 1.29 is 13.9 Å². The van der Waals surface area contributed by atoms with Crippen LogP contribution in [-0.2, 0) is 16.0 Å². The van der Waals surface area contributed by atoms with Crippen molar-refractivity contribution >= 4 is 18.3 Å². The van der Waals surface area contributed by atoms with Gasteiger partial charge in [0.25, 0.3) is 0 Å². The molecule has 22 heavy (non-hydrogen) atoms. The first-order chi connectivity index (χ1) is 10.2. The quantitative estimate of drug-likeness (QED) is 0.776. The van der Waals surface area contributed by atoms with E-state index in [0.29, 0.717) is 25.6 Å². The number of ether oxygens (including phenoxy) is 1. The standard InChI is InChI=1S/C16H23FN2O2.ClH/c1-21-9-7-18-11-16(20)19-8-6-14(12-19)10-13-2-4-15(17)5-3-13;/h2-5,14,18H,6-12H2,1H3;1H. The summed E-state index contributed by atoms with van der Waals surface area (Å²) in [4.78, 5) is 13.9. The molecule has 0 aromatic heterocycles. The maximum Gasteiger partial charge on any atom is 0.236 e. The number of carbonyl (C=O) groups is 1. The fourth-order valence-corrected chi connectivity index (χ4v) is 2.66. The first-order valence-electron chi connectivity index (χ1n) is 7.41. The lowest BCUT2D eigenvalue weighted by Crippen LogP contribution is -2.37. The molecule has 1 amide bonds. The second-order valence-corrected chi connectivity index (χ2v) is 5.49. The number of benzene rings is 1. The lowest BCUT2D eigenvalue weighted by Gasteiger charge is -2.17. The fraction of sp³-hybridized carbons (Fsp3) is 0.562. The molecular formula is C16H24ClFN2O2. The minimum Gasteiger partial charge on any atom is -0.383 e. The third kappa shape index (κ3) is 5.91. The molecule has 1 atom stereocenters. The maximum atomic E-state index is 12.9. The first-order valence-corrected chi connectivity index (χ1v) is 7.41. The third-order valence-electron chi connectivity index (χ3n) is 3.84. The molecule has 1 unspecified atom stereocenters. The number of nitrogens with one attached hydrogen (secondary N) is 1. The summed E-state index contributed by atoms with van der Waals surface area (Å²) in [7, 11) is 1.64. The molecule has 1 saturated heterocycles. The summed E-state index contributed by atoms with van der Waals surface area (Å²) in [5, 5.41) is 3.08. The van der Waals surface area contributed by atoms with E-state index in [0.717, 1.165) is 31.5 Å². The average molecular weight is 331 g/mol. The highest BCUT2D eigenvalue weighted by molar-refractivity contribution is 5.85. The van der Waals surface area contributed by atoms with Crippen LogP contribution in [0.25, 0.3) is 0 Å². The molecule has 124 valence electrons. The highest BCUT2D eigenvalue weighted by Gasteiger charge is 2.25. The number of nitrogens with zero attached hydrogens (tertiary/aromatic N) is 1. The molecular weight excluding hydrogens is 307 g/mol. The molecule has 0 saturated carbocycles. The maximum absolute atomic E-state index is 12.9. The molecule has 0 radical (unpaired) electrons. The zero-order valence-electron chi connectivity index (χ0n) is 12.9. The third-order valence-corrected chi connectivity index (χ3v) is 3.84. The van der Waals surface area contributed by atoms with Crippen molar-refractivity contribution in [2.45, 2.75) is 12.8 Å². The van der Waals surface area contributed by atoms with E-state index in [4.69, 9.17) is 4.74 Å². The van der Waals surface area contributed by atoms with Gasteiger partial charge in [0.15, 0.2) is 0 Å². The number of carbonyl (C=O) groups excluding carboxylic acids is 1. The van der Waals surface area contributed by atoms with E-state index in [1.54, 1.807) is 7.11 Å². The Balaban J connectivity index is 0.00000242. The number of amides is 1. The highest BCUT2D eigenvalue weighted by Crippen LogP contribution is 2.21. The molecule has 4 nitrogen and oxygen atoms in total. The number of rotatable bonds is 7. The van der Waals surface area contributed by atoms with Gasteiger partial charge in [0.1, 0.15) is 5.82 Å². The smallest absolute Gasteiger partial charge is 0.236 e. The van der Waals surface area contributed by atoms with Crippen LogP contribution >= 0.6 is 12.4 Å². The van der Waals surface area contributed by atoms with E-state index < -0.39 is 0 Å². The van der Waals surface area contributed by atoms with Gasteiger partial charge < -0.3 is 15.0 Å². The van der Waals surface area contributed by atoms with Gasteiger partial charge in [0, 0.05) is 26.7 Å². The number of halogens is 2. The van der Waals surface area contributed by atoms with Gasteiger partial charge >= 0.3 is 0 Å². The lowest BCUT2D eigenvalue weighted by atomic mass is 9.99. The molecule has 1 heterocycles. The van der Waals surface area contributed by atoms with Gasteiger partial charge in [0.2, 0.25) is 5.91 Å². The van der Waals surface area contributed by atoms with Crippen molar-refractivity contribution in [1.82, 2.24) is 10.2 Å². The van der Waals surface area contributed by atoms with Crippen molar-refractivity contribution in [3.05, 3.63) is 35.6 Å². The molecule has 6 heteroatoms. The van der Waals surface area contributed by atoms with Crippen molar-refractivity contribution in [3.63, 3.8) is 0 Å². The van der Waals surface area contributed by atoms with Crippen LogP contribution in [0.2, 0.25) is 0 Å². The largest absolute Gasteiger partial charge is 0.383 e. The van der Waals surface area contributed by atoms with Crippen LogP contribution in [0.4, 0.5) is 4.39 Å². The van der Waals surface area contributed by atoms with Crippen LogP contribution in [-0.4, -0.2) is 50.7 Å². The molecule has 1 aliphatic heterocycles. The topological polar surface area (TPSA) is 41.6 Å². The van der Waals surface area contributed by atoms with Crippen molar-refractivity contribution in [1.29, 1.82) is 0 Å². The predicted octanol–water partition coefficient (Wildman–Crippen LogP) is 1.87. The summed E-state index contributed by atoms with van der Waals surface area (Å²) in [6.07, 6.45) is 1.92. The highest BCUT2D eigenvalue weighted by atomic mass is 35.5. The molecule has 1 fully saturated rings. The lowest BCUT2D eigenvalue weighted by molar-refractivity contribution is -0.129. The number of hydrogen-bond acceptors (Lipinski definition) is 3. The molecule has 0 bridgehead atoms. The second-order valence-electron chi connectivity index (χ2n) is 5.49. The molecule has 1 N–H and O–H groups in total. The summed E-state index contributed by atoms with van der Waals surface area (Å²) in [6.45, 7) is 3.28. The van der Waals surface area contributed by atoms with Crippen LogP contribution in [0.15, 0.2) is 24.3 Å². The summed E-state index contributed by atoms with van der Waals surface area (Å²) in [5.41, 5.74) is 1.13. The molecule has 1 aliphatic rings. The zero-order chi connectivity index (χ0) is 15.1. The Morgan fingerprint density at radius 2 is 2.14 bits per heavy atom. The monoisotopic (exact) mass is 330 g/mol. The van der Waals surface area contributed by atoms with Gasteiger partial charge in [-0.25, -0.2) is 4.39 Å². The Bertz CT molecular complexity index is 456. The van der Waals surface area contributed by atoms with Crippen LogP contribution in [0, 0.1) is 11.7 Å². The van der Waals surface area contributed by atoms with Crippen molar-refractivity contribution in [2.75, 3.05) is 39.9 Å². The fourth-order valence-electron chi connectivity index (χ4n) is 2.66. The van der Waals surface area contributed by atoms with Crippen molar-refractivity contribution in [3.8, 4) is 0 Å². The Labute approximate surface area is 137 Å². The second kappa shape index (κ2) is 9.77. The molecule has 1 aromatic carbocycles.